The van der Waals surface area contributed by atoms with E-state index in [0.717, 1.165) is 23.1 Å². The van der Waals surface area contributed by atoms with Gasteiger partial charge in [-0.25, -0.2) is 8.78 Å². The van der Waals surface area contributed by atoms with Crippen LogP contribution in [0.1, 0.15) is 17.3 Å². The molecule has 1 amide bonds. The fraction of sp³-hybridized carbons (Fsp3) is 0.200. The minimum absolute atomic E-state index is 0.0498. The number of carbonyl (C=O) groups is 1. The van der Waals surface area contributed by atoms with Crippen LogP contribution in [0, 0.1) is 11.6 Å². The van der Waals surface area contributed by atoms with Gasteiger partial charge in [-0.05, 0) is 31.2 Å². The molecule has 0 unspecified atom stereocenters. The summed E-state index contributed by atoms with van der Waals surface area (Å²) in [5.41, 5.74) is -1.28. The lowest BCUT2D eigenvalue weighted by molar-refractivity contribution is 0.0983. The second kappa shape index (κ2) is 7.30. The van der Waals surface area contributed by atoms with Gasteiger partial charge in [-0.15, -0.1) is 0 Å². The molecule has 0 aliphatic heterocycles. The van der Waals surface area contributed by atoms with Crippen molar-refractivity contribution in [2.45, 2.75) is 6.92 Å². The molecule has 8 heteroatoms. The predicted octanol–water partition coefficient (Wildman–Crippen LogP) is 3.20. The summed E-state index contributed by atoms with van der Waals surface area (Å²) in [5.74, 6) is -2.82. The first kappa shape index (κ1) is 19.3. The van der Waals surface area contributed by atoms with Crippen molar-refractivity contribution >= 4 is 22.5 Å². The van der Waals surface area contributed by atoms with E-state index in [2.05, 4.69) is 0 Å². The molecule has 1 N–H and O–H groups in total. The molecular weight excluding hydrogens is 370 g/mol. The second-order valence-corrected chi connectivity index (χ2v) is 6.09. The number of methoxy groups -OCH3 is 1. The highest BCUT2D eigenvalue weighted by molar-refractivity contribution is 6.11. The van der Waals surface area contributed by atoms with Crippen LogP contribution in [0.4, 0.5) is 14.5 Å². The number of carbonyl (C=O) groups excluding carboxylic acids is 1. The van der Waals surface area contributed by atoms with Gasteiger partial charge in [0.25, 0.3) is 11.5 Å². The van der Waals surface area contributed by atoms with Crippen LogP contribution in [0.2, 0.25) is 0 Å². The fourth-order valence-corrected chi connectivity index (χ4v) is 3.15. The summed E-state index contributed by atoms with van der Waals surface area (Å²) in [6, 6.07) is 7.49. The van der Waals surface area contributed by atoms with E-state index in [1.54, 1.807) is 25.1 Å². The number of rotatable bonds is 4. The number of pyridine rings is 1. The molecule has 3 aromatic rings. The van der Waals surface area contributed by atoms with E-state index in [1.807, 2.05) is 0 Å². The number of amides is 1. The Morgan fingerprint density at radius 2 is 1.96 bits per heavy atom. The highest BCUT2D eigenvalue weighted by atomic mass is 19.1. The minimum atomic E-state index is -0.946. The maximum Gasteiger partial charge on any atom is 0.267 e. The van der Waals surface area contributed by atoms with Crippen molar-refractivity contribution in [3.05, 3.63) is 63.9 Å². The van der Waals surface area contributed by atoms with E-state index in [0.29, 0.717) is 5.52 Å². The average Bonchev–Trinajstić information content (AvgIpc) is 2.69. The van der Waals surface area contributed by atoms with Crippen molar-refractivity contribution in [2.75, 3.05) is 18.6 Å². The lowest BCUT2D eigenvalue weighted by Crippen LogP contribution is -2.37. The number of aryl methyl sites for hydroxylation is 1. The van der Waals surface area contributed by atoms with Crippen molar-refractivity contribution < 1.29 is 23.4 Å². The molecule has 0 fully saturated rings. The van der Waals surface area contributed by atoms with Gasteiger partial charge in [-0.2, -0.15) is 0 Å². The van der Waals surface area contributed by atoms with Gasteiger partial charge in [0.2, 0.25) is 0 Å². The molecule has 3 rings (SSSR count). The van der Waals surface area contributed by atoms with Crippen LogP contribution < -0.4 is 15.2 Å². The smallest absolute Gasteiger partial charge is 0.267 e. The van der Waals surface area contributed by atoms with Gasteiger partial charge in [0, 0.05) is 19.7 Å². The van der Waals surface area contributed by atoms with Gasteiger partial charge in [-0.1, -0.05) is 6.07 Å². The monoisotopic (exact) mass is 388 g/mol. The Bertz CT molecular complexity index is 1140. The average molecular weight is 388 g/mol. The number of anilines is 1. The first-order valence-corrected chi connectivity index (χ1v) is 8.47. The predicted molar refractivity (Wildman–Crippen MR) is 101 cm³/mol. The molecule has 0 aliphatic carbocycles. The van der Waals surface area contributed by atoms with Crippen LogP contribution in [-0.2, 0) is 7.05 Å². The number of hydrogen-bond acceptors (Lipinski definition) is 4. The van der Waals surface area contributed by atoms with Crippen LogP contribution in [0.25, 0.3) is 10.9 Å². The molecular formula is C20H18F2N2O4. The van der Waals surface area contributed by atoms with E-state index in [4.69, 9.17) is 4.74 Å². The molecule has 0 saturated heterocycles. The lowest BCUT2D eigenvalue weighted by Gasteiger charge is -2.23. The molecule has 0 radical (unpaired) electrons. The number of aromatic nitrogens is 1. The normalized spacial score (nSPS) is 10.9. The summed E-state index contributed by atoms with van der Waals surface area (Å²) < 4.78 is 34.2. The molecule has 1 heterocycles. The number of fused-ring (bicyclic) bond motifs is 1. The summed E-state index contributed by atoms with van der Waals surface area (Å²) in [4.78, 5) is 26.8. The van der Waals surface area contributed by atoms with Crippen LogP contribution >= 0.6 is 0 Å². The van der Waals surface area contributed by atoms with Gasteiger partial charge in [-0.3, -0.25) is 9.59 Å². The zero-order chi connectivity index (χ0) is 20.6. The maximum atomic E-state index is 14.2. The molecule has 6 nitrogen and oxygen atoms in total. The van der Waals surface area contributed by atoms with Gasteiger partial charge in [0.05, 0.1) is 23.7 Å². The standard InChI is InChI=1S/C20H18F2N2O4/c1-4-24(14-10-11(21)8-9-12(14)22)20(27)17-18(25)16-13(23(2)19(17)26)6-5-7-15(16)28-3/h5-10,25H,4H2,1-3H3. The van der Waals surface area contributed by atoms with E-state index in [-0.39, 0.29) is 23.4 Å². The number of ether oxygens (including phenoxy) is 1. The zero-order valence-corrected chi connectivity index (χ0v) is 15.5. The Kier molecular flexibility index (Phi) is 5.04. The third-order valence-electron chi connectivity index (χ3n) is 4.55. The molecule has 0 saturated carbocycles. The Labute approximate surface area is 159 Å². The van der Waals surface area contributed by atoms with Gasteiger partial charge >= 0.3 is 0 Å². The minimum Gasteiger partial charge on any atom is -0.506 e. The second-order valence-electron chi connectivity index (χ2n) is 6.09. The number of halogens is 2. The molecule has 146 valence electrons. The summed E-state index contributed by atoms with van der Waals surface area (Å²) in [7, 11) is 2.83. The third kappa shape index (κ3) is 2.96. The van der Waals surface area contributed by atoms with Gasteiger partial charge in [0.1, 0.15) is 28.7 Å². The van der Waals surface area contributed by atoms with Crippen LogP contribution in [-0.4, -0.2) is 29.2 Å². The lowest BCUT2D eigenvalue weighted by atomic mass is 10.1. The van der Waals surface area contributed by atoms with E-state index in [1.165, 1.54) is 18.7 Å². The topological polar surface area (TPSA) is 71.8 Å². The SMILES string of the molecule is CCN(C(=O)c1c(O)c2c(OC)cccc2n(C)c1=O)c1cc(F)ccc1F. The molecule has 2 aromatic carbocycles. The molecule has 0 atom stereocenters. The van der Waals surface area contributed by atoms with Crippen molar-refractivity contribution in [1.82, 2.24) is 4.57 Å². The van der Waals surface area contributed by atoms with Crippen molar-refractivity contribution in [2.24, 2.45) is 7.05 Å². The van der Waals surface area contributed by atoms with Crippen LogP contribution in [0.3, 0.4) is 0 Å². The van der Waals surface area contributed by atoms with Crippen molar-refractivity contribution in [3.8, 4) is 11.5 Å². The molecule has 0 spiro atoms. The van der Waals surface area contributed by atoms with Gasteiger partial charge < -0.3 is 19.3 Å². The molecule has 0 aliphatic rings. The van der Waals surface area contributed by atoms with E-state index >= 15 is 0 Å². The Balaban J connectivity index is 2.29. The van der Waals surface area contributed by atoms with Crippen LogP contribution in [0.15, 0.2) is 41.2 Å². The summed E-state index contributed by atoms with van der Waals surface area (Å²) in [6.07, 6.45) is 0. The van der Waals surface area contributed by atoms with E-state index < -0.39 is 34.4 Å². The fourth-order valence-electron chi connectivity index (χ4n) is 3.15. The largest absolute Gasteiger partial charge is 0.506 e. The maximum absolute atomic E-state index is 14.2. The molecule has 0 bridgehead atoms. The Hall–Kier alpha value is -3.42. The number of hydrogen-bond donors (Lipinski definition) is 1. The Morgan fingerprint density at radius 3 is 2.61 bits per heavy atom. The first-order valence-electron chi connectivity index (χ1n) is 8.47. The number of benzene rings is 2. The zero-order valence-electron chi connectivity index (χ0n) is 15.5. The van der Waals surface area contributed by atoms with Crippen LogP contribution in [0.5, 0.6) is 11.5 Å². The van der Waals surface area contributed by atoms with E-state index in [9.17, 15) is 23.5 Å². The number of aromatic hydroxyl groups is 1. The number of nitrogens with zero attached hydrogens (tertiary/aromatic N) is 2. The Morgan fingerprint density at radius 1 is 1.25 bits per heavy atom. The van der Waals surface area contributed by atoms with Gasteiger partial charge in [0.15, 0.2) is 0 Å². The summed E-state index contributed by atoms with van der Waals surface area (Å²) in [6.45, 7) is 1.50. The summed E-state index contributed by atoms with van der Waals surface area (Å²) >= 11 is 0. The summed E-state index contributed by atoms with van der Waals surface area (Å²) in [5, 5.41) is 10.9. The third-order valence-corrected chi connectivity index (χ3v) is 4.55. The first-order chi connectivity index (χ1) is 13.3. The highest BCUT2D eigenvalue weighted by Gasteiger charge is 2.28. The molecule has 28 heavy (non-hydrogen) atoms. The van der Waals surface area contributed by atoms with Crippen molar-refractivity contribution in [3.63, 3.8) is 0 Å². The molecule has 1 aromatic heterocycles. The van der Waals surface area contributed by atoms with Crippen molar-refractivity contribution in [1.29, 1.82) is 0 Å². The quantitative estimate of drug-likeness (QED) is 0.745. The highest BCUT2D eigenvalue weighted by Crippen LogP contribution is 2.35.